The molecule has 0 unspecified atom stereocenters. The Kier molecular flexibility index (Phi) is 4.85. The van der Waals surface area contributed by atoms with Crippen LogP contribution in [0.5, 0.6) is 0 Å². The van der Waals surface area contributed by atoms with Crippen LogP contribution in [0.4, 0.5) is 10.5 Å². The maximum absolute atomic E-state index is 12.6. The Morgan fingerprint density at radius 3 is 2.67 bits per heavy atom. The summed E-state index contributed by atoms with van der Waals surface area (Å²) in [5.41, 5.74) is 2.37. The number of nitrogens with zero attached hydrogens (tertiary/aromatic N) is 1. The smallest absolute Gasteiger partial charge is 0.415 e. The Morgan fingerprint density at radius 2 is 1.96 bits per heavy atom. The summed E-state index contributed by atoms with van der Waals surface area (Å²) < 4.78 is 6.24. The number of aliphatic carboxylic acids is 1. The third-order valence-electron chi connectivity index (χ3n) is 3.99. The molecule has 1 aliphatic heterocycles. The lowest BCUT2D eigenvalue weighted by atomic mass is 9.96. The first-order valence-corrected chi connectivity index (χ1v) is 8.36. The van der Waals surface area contributed by atoms with Gasteiger partial charge in [0.25, 0.3) is 0 Å². The van der Waals surface area contributed by atoms with Gasteiger partial charge in [-0.15, -0.1) is 0 Å². The van der Waals surface area contributed by atoms with E-state index in [9.17, 15) is 14.7 Å². The normalized spacial score (nSPS) is 16.4. The maximum atomic E-state index is 12.6. The van der Waals surface area contributed by atoms with Crippen molar-refractivity contribution in [2.75, 3.05) is 4.90 Å². The number of aryl methyl sites for hydroxylation is 1. The minimum atomic E-state index is -1.03. The molecule has 0 bridgehead atoms. The second kappa shape index (κ2) is 7.05. The van der Waals surface area contributed by atoms with E-state index in [0.717, 1.165) is 15.6 Å². The Hall–Kier alpha value is -2.34. The van der Waals surface area contributed by atoms with Gasteiger partial charge < -0.3 is 9.84 Å². The van der Waals surface area contributed by atoms with Crippen LogP contribution >= 0.6 is 15.9 Å². The Balaban J connectivity index is 1.84. The first-order valence-electron chi connectivity index (χ1n) is 7.57. The molecule has 124 valence electrons. The lowest BCUT2D eigenvalue weighted by Gasteiger charge is -2.34. The van der Waals surface area contributed by atoms with Crippen molar-refractivity contribution in [2.45, 2.75) is 25.5 Å². The number of fused-ring (bicyclic) bond motifs is 1. The van der Waals surface area contributed by atoms with Crippen LogP contribution in [-0.4, -0.2) is 23.2 Å². The number of anilines is 1. The molecule has 0 saturated carbocycles. The first-order chi connectivity index (χ1) is 11.6. The van der Waals surface area contributed by atoms with E-state index in [1.54, 1.807) is 12.1 Å². The average molecular weight is 390 g/mol. The van der Waals surface area contributed by atoms with E-state index in [1.807, 2.05) is 36.4 Å². The van der Waals surface area contributed by atoms with Crippen LogP contribution in [0.15, 0.2) is 53.0 Å². The first kappa shape index (κ1) is 16.5. The Morgan fingerprint density at radius 1 is 1.21 bits per heavy atom. The highest BCUT2D eigenvalue weighted by atomic mass is 79.9. The Labute approximate surface area is 148 Å². The van der Waals surface area contributed by atoms with E-state index in [2.05, 4.69) is 15.9 Å². The van der Waals surface area contributed by atoms with Crippen LogP contribution in [0.2, 0.25) is 0 Å². The molecule has 1 atom stereocenters. The standard InChI is InChI=1S/C18H16BrNO4/c19-14-7-9-15-13(10-14)6-8-16(17(21)22)20(15)18(23)24-11-12-4-2-1-3-5-12/h1-5,7,9-10,16H,6,8,11H2,(H,21,22)/t16-/m1/s1. The van der Waals surface area contributed by atoms with Crippen molar-refractivity contribution in [1.29, 1.82) is 0 Å². The molecule has 0 fully saturated rings. The van der Waals surface area contributed by atoms with Crippen molar-refractivity contribution < 1.29 is 19.4 Å². The summed E-state index contributed by atoms with van der Waals surface area (Å²) in [5.74, 6) is -1.03. The van der Waals surface area contributed by atoms with Crippen molar-refractivity contribution in [2.24, 2.45) is 0 Å². The number of rotatable bonds is 3. The summed E-state index contributed by atoms with van der Waals surface area (Å²) in [4.78, 5) is 25.4. The quantitative estimate of drug-likeness (QED) is 0.861. The van der Waals surface area contributed by atoms with Gasteiger partial charge in [0.1, 0.15) is 12.6 Å². The monoisotopic (exact) mass is 389 g/mol. The topological polar surface area (TPSA) is 66.8 Å². The second-order valence-electron chi connectivity index (χ2n) is 5.58. The zero-order valence-corrected chi connectivity index (χ0v) is 14.4. The van der Waals surface area contributed by atoms with Crippen LogP contribution in [0, 0.1) is 0 Å². The van der Waals surface area contributed by atoms with Gasteiger partial charge in [-0.25, -0.2) is 9.59 Å². The summed E-state index contributed by atoms with van der Waals surface area (Å²) in [5, 5.41) is 9.46. The molecule has 24 heavy (non-hydrogen) atoms. The van der Waals surface area contributed by atoms with Gasteiger partial charge in [0.15, 0.2) is 0 Å². The highest BCUT2D eigenvalue weighted by Gasteiger charge is 2.36. The molecule has 1 heterocycles. The number of ether oxygens (including phenoxy) is 1. The fraction of sp³-hybridized carbons (Fsp3) is 0.222. The highest BCUT2D eigenvalue weighted by Crippen LogP contribution is 2.33. The molecule has 1 amide bonds. The number of hydrogen-bond acceptors (Lipinski definition) is 3. The average Bonchev–Trinajstić information content (AvgIpc) is 2.59. The molecule has 0 saturated heterocycles. The lowest BCUT2D eigenvalue weighted by Crippen LogP contribution is -2.48. The number of carboxylic acids is 1. The zero-order valence-electron chi connectivity index (χ0n) is 12.8. The number of amides is 1. The molecular weight excluding hydrogens is 374 g/mol. The van der Waals surface area contributed by atoms with Crippen LogP contribution in [-0.2, 0) is 22.6 Å². The molecule has 6 heteroatoms. The van der Waals surface area contributed by atoms with E-state index in [-0.39, 0.29) is 6.61 Å². The van der Waals surface area contributed by atoms with Gasteiger partial charge in [-0.05, 0) is 42.2 Å². The van der Waals surface area contributed by atoms with Gasteiger partial charge in [-0.2, -0.15) is 0 Å². The van der Waals surface area contributed by atoms with Crippen molar-refractivity contribution in [1.82, 2.24) is 0 Å². The largest absolute Gasteiger partial charge is 0.480 e. The summed E-state index contributed by atoms with van der Waals surface area (Å²) in [6, 6.07) is 13.8. The number of halogens is 1. The number of benzene rings is 2. The molecule has 5 nitrogen and oxygen atoms in total. The highest BCUT2D eigenvalue weighted by molar-refractivity contribution is 9.10. The summed E-state index contributed by atoms with van der Waals surface area (Å²) in [6.45, 7) is 0.106. The van der Waals surface area contributed by atoms with Crippen LogP contribution in [0.25, 0.3) is 0 Å². The van der Waals surface area contributed by atoms with E-state index >= 15 is 0 Å². The molecule has 0 spiro atoms. The molecule has 1 N–H and O–H groups in total. The molecule has 1 aliphatic rings. The molecule has 2 aromatic carbocycles. The number of carbonyl (C=O) groups excluding carboxylic acids is 1. The fourth-order valence-corrected chi connectivity index (χ4v) is 3.24. The van der Waals surface area contributed by atoms with Gasteiger partial charge >= 0.3 is 12.1 Å². The number of carboxylic acid groups (broad SMARTS) is 1. The number of carbonyl (C=O) groups is 2. The zero-order chi connectivity index (χ0) is 17.1. The van der Waals surface area contributed by atoms with E-state index < -0.39 is 18.1 Å². The maximum Gasteiger partial charge on any atom is 0.415 e. The molecule has 0 aromatic heterocycles. The third-order valence-corrected chi connectivity index (χ3v) is 4.48. The SMILES string of the molecule is O=C(O)[C@H]1CCc2cc(Br)ccc2N1C(=O)OCc1ccccc1. The van der Waals surface area contributed by atoms with Gasteiger partial charge in [0.2, 0.25) is 0 Å². The predicted octanol–water partition coefficient (Wildman–Crippen LogP) is 3.99. The molecule has 2 aromatic rings. The summed E-state index contributed by atoms with van der Waals surface area (Å²) >= 11 is 3.40. The summed E-state index contributed by atoms with van der Waals surface area (Å²) in [7, 11) is 0. The Bertz CT molecular complexity index is 763. The second-order valence-corrected chi connectivity index (χ2v) is 6.49. The number of hydrogen-bond donors (Lipinski definition) is 1. The fourth-order valence-electron chi connectivity index (χ4n) is 2.83. The van der Waals surface area contributed by atoms with Crippen molar-refractivity contribution in [3.8, 4) is 0 Å². The van der Waals surface area contributed by atoms with Crippen LogP contribution in [0.1, 0.15) is 17.5 Å². The van der Waals surface area contributed by atoms with Crippen molar-refractivity contribution in [3.63, 3.8) is 0 Å². The van der Waals surface area contributed by atoms with Gasteiger partial charge in [-0.3, -0.25) is 4.90 Å². The van der Waals surface area contributed by atoms with Crippen molar-refractivity contribution in [3.05, 3.63) is 64.1 Å². The minimum absolute atomic E-state index is 0.106. The summed E-state index contributed by atoms with van der Waals surface area (Å²) in [6.07, 6.45) is 0.322. The van der Waals surface area contributed by atoms with Crippen molar-refractivity contribution >= 4 is 33.7 Å². The van der Waals surface area contributed by atoms with Gasteiger partial charge in [0, 0.05) is 4.47 Å². The third kappa shape index (κ3) is 3.43. The molecule has 0 aliphatic carbocycles. The molecule has 3 rings (SSSR count). The van der Waals surface area contributed by atoms with Crippen LogP contribution in [0.3, 0.4) is 0 Å². The molecule has 0 radical (unpaired) electrons. The van der Waals surface area contributed by atoms with E-state index in [0.29, 0.717) is 18.5 Å². The van der Waals surface area contributed by atoms with E-state index in [1.165, 1.54) is 4.90 Å². The van der Waals surface area contributed by atoms with E-state index in [4.69, 9.17) is 4.74 Å². The minimum Gasteiger partial charge on any atom is -0.480 e. The molecular formula is C18H16BrNO4. The lowest BCUT2D eigenvalue weighted by molar-refractivity contribution is -0.138. The van der Waals surface area contributed by atoms with Gasteiger partial charge in [-0.1, -0.05) is 46.3 Å². The predicted molar refractivity (Wildman–Crippen MR) is 93.0 cm³/mol. The van der Waals surface area contributed by atoms with Gasteiger partial charge in [0.05, 0.1) is 5.69 Å². The van der Waals surface area contributed by atoms with Crippen LogP contribution < -0.4 is 4.90 Å².